The van der Waals surface area contributed by atoms with E-state index in [4.69, 9.17) is 0 Å². The van der Waals surface area contributed by atoms with Crippen molar-refractivity contribution in [2.24, 2.45) is 0 Å². The Morgan fingerprint density at radius 2 is 1.83 bits per heavy atom. The molecule has 0 fully saturated rings. The van der Waals surface area contributed by atoms with Crippen LogP contribution in [0, 0.1) is 0 Å². The first-order chi connectivity index (χ1) is 11.3. The summed E-state index contributed by atoms with van der Waals surface area (Å²) in [5, 5.41) is 2.94. The van der Waals surface area contributed by atoms with E-state index in [9.17, 15) is 4.79 Å². The SMILES string of the molecule is O=C(Cc1ccccc1)NCCn1ccnc1-c1ccccn1. The minimum absolute atomic E-state index is 0.0238. The van der Waals surface area contributed by atoms with Crippen LogP contribution in [-0.4, -0.2) is 27.0 Å². The molecule has 0 saturated heterocycles. The lowest BCUT2D eigenvalue weighted by atomic mass is 10.1. The van der Waals surface area contributed by atoms with E-state index in [1.54, 1.807) is 12.4 Å². The number of amides is 1. The molecule has 116 valence electrons. The second-order valence-corrected chi connectivity index (χ2v) is 5.17. The van der Waals surface area contributed by atoms with Gasteiger partial charge in [0.05, 0.1) is 6.42 Å². The summed E-state index contributed by atoms with van der Waals surface area (Å²) in [6.07, 6.45) is 5.79. The number of imidazole rings is 1. The first-order valence-electron chi connectivity index (χ1n) is 7.56. The zero-order valence-electron chi connectivity index (χ0n) is 12.7. The normalized spacial score (nSPS) is 10.4. The fourth-order valence-electron chi connectivity index (χ4n) is 2.38. The molecule has 3 rings (SSSR count). The molecule has 23 heavy (non-hydrogen) atoms. The first-order valence-corrected chi connectivity index (χ1v) is 7.56. The van der Waals surface area contributed by atoms with Gasteiger partial charge in [-0.3, -0.25) is 9.78 Å². The van der Waals surface area contributed by atoms with E-state index in [2.05, 4.69) is 15.3 Å². The molecule has 1 N–H and O–H groups in total. The quantitative estimate of drug-likeness (QED) is 0.760. The molecule has 5 nitrogen and oxygen atoms in total. The highest BCUT2D eigenvalue weighted by Gasteiger charge is 2.07. The summed E-state index contributed by atoms with van der Waals surface area (Å²) >= 11 is 0. The number of carbonyl (C=O) groups excluding carboxylic acids is 1. The number of nitrogens with one attached hydrogen (secondary N) is 1. The van der Waals surface area contributed by atoms with E-state index >= 15 is 0 Å². The molecule has 2 heterocycles. The van der Waals surface area contributed by atoms with Crippen molar-refractivity contribution in [1.29, 1.82) is 0 Å². The number of pyridine rings is 1. The van der Waals surface area contributed by atoms with Crippen molar-refractivity contribution < 1.29 is 4.79 Å². The molecule has 0 aliphatic rings. The van der Waals surface area contributed by atoms with E-state index in [1.807, 2.05) is 59.3 Å². The summed E-state index contributed by atoms with van der Waals surface area (Å²) in [6, 6.07) is 15.5. The summed E-state index contributed by atoms with van der Waals surface area (Å²) in [5.41, 5.74) is 1.84. The number of rotatable bonds is 6. The lowest BCUT2D eigenvalue weighted by Crippen LogP contribution is -2.28. The number of hydrogen-bond donors (Lipinski definition) is 1. The minimum atomic E-state index is 0.0238. The number of carbonyl (C=O) groups is 1. The van der Waals surface area contributed by atoms with Crippen molar-refractivity contribution in [1.82, 2.24) is 19.9 Å². The van der Waals surface area contributed by atoms with Crippen molar-refractivity contribution >= 4 is 5.91 Å². The van der Waals surface area contributed by atoms with Gasteiger partial charge in [-0.1, -0.05) is 36.4 Å². The molecule has 0 unspecified atom stereocenters. The Morgan fingerprint density at radius 3 is 2.61 bits per heavy atom. The molecule has 3 aromatic rings. The van der Waals surface area contributed by atoms with Gasteiger partial charge in [0.25, 0.3) is 0 Å². The summed E-state index contributed by atoms with van der Waals surface area (Å²) in [4.78, 5) is 20.6. The van der Waals surface area contributed by atoms with Gasteiger partial charge in [-0.25, -0.2) is 4.98 Å². The highest BCUT2D eigenvalue weighted by molar-refractivity contribution is 5.78. The van der Waals surface area contributed by atoms with E-state index in [0.29, 0.717) is 19.5 Å². The van der Waals surface area contributed by atoms with Crippen molar-refractivity contribution in [2.75, 3.05) is 6.54 Å². The average Bonchev–Trinajstić information content (AvgIpc) is 3.05. The molecule has 0 bridgehead atoms. The van der Waals surface area contributed by atoms with Gasteiger partial charge < -0.3 is 9.88 Å². The van der Waals surface area contributed by atoms with Gasteiger partial charge in [0.15, 0.2) is 5.82 Å². The number of nitrogens with zero attached hydrogens (tertiary/aromatic N) is 3. The molecule has 0 aliphatic heterocycles. The molecule has 1 aromatic carbocycles. The smallest absolute Gasteiger partial charge is 0.224 e. The Balaban J connectivity index is 1.54. The van der Waals surface area contributed by atoms with Crippen LogP contribution in [0.3, 0.4) is 0 Å². The summed E-state index contributed by atoms with van der Waals surface area (Å²) in [5.74, 6) is 0.832. The Kier molecular flexibility index (Phi) is 4.79. The highest BCUT2D eigenvalue weighted by Crippen LogP contribution is 2.13. The molecule has 2 aromatic heterocycles. The average molecular weight is 306 g/mol. The lowest BCUT2D eigenvalue weighted by molar-refractivity contribution is -0.120. The van der Waals surface area contributed by atoms with Crippen LogP contribution in [0.15, 0.2) is 67.1 Å². The van der Waals surface area contributed by atoms with Crippen LogP contribution in [0.2, 0.25) is 0 Å². The summed E-state index contributed by atoms with van der Waals surface area (Å²) < 4.78 is 1.99. The fraction of sp³-hybridized carbons (Fsp3) is 0.167. The maximum absolute atomic E-state index is 11.9. The maximum atomic E-state index is 11.9. The third-order valence-electron chi connectivity index (χ3n) is 3.49. The molecule has 0 atom stereocenters. The molecule has 0 aliphatic carbocycles. The Morgan fingerprint density at radius 1 is 1.00 bits per heavy atom. The van der Waals surface area contributed by atoms with Crippen LogP contribution >= 0.6 is 0 Å². The van der Waals surface area contributed by atoms with Crippen molar-refractivity contribution in [3.8, 4) is 11.5 Å². The van der Waals surface area contributed by atoms with Crippen LogP contribution in [0.5, 0.6) is 0 Å². The topological polar surface area (TPSA) is 59.8 Å². The zero-order valence-corrected chi connectivity index (χ0v) is 12.7. The van der Waals surface area contributed by atoms with E-state index < -0.39 is 0 Å². The van der Waals surface area contributed by atoms with Crippen molar-refractivity contribution in [2.45, 2.75) is 13.0 Å². The van der Waals surface area contributed by atoms with Gasteiger partial charge in [-0.15, -0.1) is 0 Å². The molecule has 0 saturated carbocycles. The molecular weight excluding hydrogens is 288 g/mol. The van der Waals surface area contributed by atoms with E-state index in [0.717, 1.165) is 17.1 Å². The van der Waals surface area contributed by atoms with Crippen LogP contribution in [-0.2, 0) is 17.8 Å². The van der Waals surface area contributed by atoms with Gasteiger partial charge in [-0.05, 0) is 17.7 Å². The van der Waals surface area contributed by atoms with Gasteiger partial charge in [0, 0.05) is 31.7 Å². The Bertz CT molecular complexity index is 753. The second-order valence-electron chi connectivity index (χ2n) is 5.17. The van der Waals surface area contributed by atoms with E-state index in [1.165, 1.54) is 0 Å². The molecule has 1 amide bonds. The zero-order chi connectivity index (χ0) is 15.9. The second kappa shape index (κ2) is 7.35. The Hall–Kier alpha value is -2.95. The predicted molar refractivity (Wildman–Crippen MR) is 88.6 cm³/mol. The van der Waals surface area contributed by atoms with Crippen LogP contribution in [0.1, 0.15) is 5.56 Å². The van der Waals surface area contributed by atoms with Crippen LogP contribution in [0.25, 0.3) is 11.5 Å². The molecule has 0 spiro atoms. The van der Waals surface area contributed by atoms with Gasteiger partial charge >= 0.3 is 0 Å². The van der Waals surface area contributed by atoms with Crippen molar-refractivity contribution in [3.05, 3.63) is 72.7 Å². The first kappa shape index (κ1) is 15.0. The van der Waals surface area contributed by atoms with Gasteiger partial charge in [0.1, 0.15) is 5.69 Å². The standard InChI is InChI=1S/C18H18N4O/c23-17(14-15-6-2-1-3-7-15)20-10-12-22-13-11-21-18(22)16-8-4-5-9-19-16/h1-9,11,13H,10,12,14H2,(H,20,23). The minimum Gasteiger partial charge on any atom is -0.354 e. The van der Waals surface area contributed by atoms with Gasteiger partial charge in [0.2, 0.25) is 5.91 Å². The fourth-order valence-corrected chi connectivity index (χ4v) is 2.38. The van der Waals surface area contributed by atoms with Crippen LogP contribution < -0.4 is 5.32 Å². The third kappa shape index (κ3) is 4.03. The summed E-state index contributed by atoms with van der Waals surface area (Å²) in [7, 11) is 0. The monoisotopic (exact) mass is 306 g/mol. The lowest BCUT2D eigenvalue weighted by Gasteiger charge is -2.09. The highest BCUT2D eigenvalue weighted by atomic mass is 16.1. The maximum Gasteiger partial charge on any atom is 0.224 e. The van der Waals surface area contributed by atoms with Crippen molar-refractivity contribution in [3.63, 3.8) is 0 Å². The molecule has 0 radical (unpaired) electrons. The number of hydrogen-bond acceptors (Lipinski definition) is 3. The number of benzene rings is 1. The Labute approximate surface area is 135 Å². The van der Waals surface area contributed by atoms with Crippen LogP contribution in [0.4, 0.5) is 0 Å². The van der Waals surface area contributed by atoms with E-state index in [-0.39, 0.29) is 5.91 Å². The number of aromatic nitrogens is 3. The molecular formula is C18H18N4O. The molecule has 5 heteroatoms. The third-order valence-corrected chi connectivity index (χ3v) is 3.49. The predicted octanol–water partition coefficient (Wildman–Crippen LogP) is 2.30. The summed E-state index contributed by atoms with van der Waals surface area (Å²) in [6.45, 7) is 1.22. The van der Waals surface area contributed by atoms with Gasteiger partial charge in [-0.2, -0.15) is 0 Å². The largest absolute Gasteiger partial charge is 0.354 e.